The number of benzene rings is 4. The van der Waals surface area contributed by atoms with Crippen molar-refractivity contribution in [1.82, 2.24) is 0 Å². The highest BCUT2D eigenvalue weighted by atomic mass is 32.2. The van der Waals surface area contributed by atoms with Crippen LogP contribution in [0.1, 0.15) is 11.1 Å². The minimum Gasteiger partial charge on any atom is -0.506 e. The van der Waals surface area contributed by atoms with Gasteiger partial charge in [-0.3, -0.25) is 4.55 Å². The summed E-state index contributed by atoms with van der Waals surface area (Å²) in [6.45, 7) is 3.51. The summed E-state index contributed by atoms with van der Waals surface area (Å²) in [5.41, 5.74) is 14.6. The molecule has 4 aromatic carbocycles. The number of nitrogens with two attached hydrogens (primary N) is 2. The molecule has 0 fully saturated rings. The van der Waals surface area contributed by atoms with Crippen LogP contribution in [0.5, 0.6) is 23.0 Å². The van der Waals surface area contributed by atoms with Gasteiger partial charge in [-0.05, 0) is 79.6 Å². The summed E-state index contributed by atoms with van der Waals surface area (Å²) in [4.78, 5) is -0.533. The number of anilines is 2. The first-order chi connectivity index (χ1) is 18.4. The summed E-state index contributed by atoms with van der Waals surface area (Å²) in [5, 5.41) is 36.0. The fraction of sp³-hybridized carbons (Fsp3) is 0.0769. The molecule has 0 saturated heterocycles. The minimum absolute atomic E-state index is 0.0840. The van der Waals surface area contributed by atoms with Gasteiger partial charge in [-0.2, -0.15) is 18.6 Å². The maximum atomic E-state index is 12.0. The topological polar surface area (TPSA) is 206 Å². The van der Waals surface area contributed by atoms with Crippen LogP contribution in [0.4, 0.5) is 34.1 Å². The van der Waals surface area contributed by atoms with E-state index in [4.69, 9.17) is 16.2 Å². The van der Waals surface area contributed by atoms with Gasteiger partial charge in [-0.15, -0.1) is 10.2 Å². The maximum Gasteiger partial charge on any atom is 0.298 e. The van der Waals surface area contributed by atoms with Crippen LogP contribution in [0.3, 0.4) is 0 Å². The van der Waals surface area contributed by atoms with Crippen LogP contribution >= 0.6 is 0 Å². The molecule has 0 spiro atoms. The van der Waals surface area contributed by atoms with E-state index in [0.29, 0.717) is 22.6 Å². The summed E-state index contributed by atoms with van der Waals surface area (Å²) < 4.78 is 39.5. The molecule has 0 amide bonds. The predicted octanol–water partition coefficient (Wildman–Crippen LogP) is 6.75. The number of hydrogen-bond donors (Lipinski definition) is 5. The molecule has 0 atom stereocenters. The molecule has 0 aliphatic heterocycles. The molecule has 0 bridgehead atoms. The Morgan fingerprint density at radius 1 is 0.692 bits per heavy atom. The van der Waals surface area contributed by atoms with Crippen LogP contribution in [-0.2, 0) is 10.1 Å². The summed E-state index contributed by atoms with van der Waals surface area (Å²) in [7, 11) is -4.70. The van der Waals surface area contributed by atoms with Gasteiger partial charge >= 0.3 is 0 Å². The van der Waals surface area contributed by atoms with Crippen LogP contribution in [0.2, 0.25) is 0 Å². The third-order valence-electron chi connectivity index (χ3n) is 5.54. The van der Waals surface area contributed by atoms with Crippen molar-refractivity contribution in [3.05, 3.63) is 77.9 Å². The van der Waals surface area contributed by atoms with Gasteiger partial charge < -0.3 is 26.4 Å². The predicted molar refractivity (Wildman–Crippen MR) is 146 cm³/mol. The number of hydrogen-bond acceptors (Lipinski definition) is 11. The second-order valence-corrected chi connectivity index (χ2v) is 9.89. The van der Waals surface area contributed by atoms with E-state index >= 15 is 0 Å². The average molecular weight is 549 g/mol. The molecule has 39 heavy (non-hydrogen) atoms. The van der Waals surface area contributed by atoms with Crippen molar-refractivity contribution < 1.29 is 27.9 Å². The van der Waals surface area contributed by atoms with Gasteiger partial charge in [0.25, 0.3) is 10.1 Å². The van der Waals surface area contributed by atoms with Gasteiger partial charge in [-0.25, -0.2) is 0 Å². The number of azo groups is 2. The van der Waals surface area contributed by atoms with E-state index in [1.54, 1.807) is 32.0 Å². The highest BCUT2D eigenvalue weighted by molar-refractivity contribution is 7.86. The fourth-order valence-electron chi connectivity index (χ4n) is 3.33. The Morgan fingerprint density at radius 3 is 1.69 bits per heavy atom. The molecule has 0 aliphatic carbocycles. The van der Waals surface area contributed by atoms with Gasteiger partial charge in [0.05, 0.1) is 11.4 Å². The number of aryl methyl sites for hydroxylation is 2. The summed E-state index contributed by atoms with van der Waals surface area (Å²) >= 11 is 0. The van der Waals surface area contributed by atoms with Crippen LogP contribution in [0.25, 0.3) is 0 Å². The quantitative estimate of drug-likeness (QED) is 0.0945. The molecule has 0 aromatic heterocycles. The lowest BCUT2D eigenvalue weighted by atomic mass is 10.2. The Balaban J connectivity index is 1.55. The van der Waals surface area contributed by atoms with Crippen molar-refractivity contribution in [2.45, 2.75) is 18.7 Å². The number of phenolic OH excluding ortho intramolecular Hbond substituents is 2. The zero-order chi connectivity index (χ0) is 28.3. The van der Waals surface area contributed by atoms with Gasteiger partial charge in [0.15, 0.2) is 0 Å². The van der Waals surface area contributed by atoms with Crippen molar-refractivity contribution in [1.29, 1.82) is 0 Å². The summed E-state index contributed by atoms with van der Waals surface area (Å²) in [6, 6.07) is 15.9. The Morgan fingerprint density at radius 2 is 1.18 bits per heavy atom. The minimum atomic E-state index is -4.70. The van der Waals surface area contributed by atoms with E-state index in [1.807, 2.05) is 0 Å². The van der Waals surface area contributed by atoms with Crippen molar-refractivity contribution in [2.75, 3.05) is 11.5 Å². The van der Waals surface area contributed by atoms with E-state index in [0.717, 1.165) is 11.6 Å². The largest absolute Gasteiger partial charge is 0.506 e. The highest BCUT2D eigenvalue weighted by Gasteiger charge is 2.19. The number of phenols is 2. The van der Waals surface area contributed by atoms with Crippen molar-refractivity contribution in [3.8, 4) is 23.0 Å². The first-order valence-electron chi connectivity index (χ1n) is 11.3. The molecule has 0 unspecified atom stereocenters. The third-order valence-corrected chi connectivity index (χ3v) is 6.42. The molecular weight excluding hydrogens is 524 g/mol. The molecular formula is C26H24N6O6S. The monoisotopic (exact) mass is 548 g/mol. The van der Waals surface area contributed by atoms with Gasteiger partial charge in [0, 0.05) is 23.5 Å². The fourth-order valence-corrected chi connectivity index (χ4v) is 3.96. The highest BCUT2D eigenvalue weighted by Crippen LogP contribution is 2.36. The number of nitrogen functional groups attached to an aromatic ring is 2. The van der Waals surface area contributed by atoms with Crippen LogP contribution in [0.15, 0.2) is 92.1 Å². The lowest BCUT2D eigenvalue weighted by Crippen LogP contribution is -2.01. The van der Waals surface area contributed by atoms with E-state index in [2.05, 4.69) is 20.5 Å². The molecule has 0 saturated carbocycles. The summed E-state index contributed by atoms with van der Waals surface area (Å²) in [6.07, 6.45) is 0. The Hall–Kier alpha value is -5.01. The number of nitrogens with zero attached hydrogens (tertiary/aromatic N) is 4. The van der Waals surface area contributed by atoms with Crippen molar-refractivity contribution in [3.63, 3.8) is 0 Å². The smallest absolute Gasteiger partial charge is 0.298 e. The molecule has 0 aliphatic rings. The Labute approximate surface area is 223 Å². The first-order valence-corrected chi connectivity index (χ1v) is 12.8. The molecule has 4 rings (SSSR count). The molecule has 7 N–H and O–H groups in total. The van der Waals surface area contributed by atoms with Crippen LogP contribution in [-0.4, -0.2) is 23.2 Å². The van der Waals surface area contributed by atoms with Gasteiger partial charge in [0.1, 0.15) is 39.3 Å². The second kappa shape index (κ2) is 10.8. The number of rotatable bonds is 7. The zero-order valence-corrected chi connectivity index (χ0v) is 21.6. The SMILES string of the molecule is Cc1cc(N=Nc2ccc(Oc3ccc(N=Nc4cc(C)c(N)cc4O)cc3S(=O)(=O)O)cc2)c(O)cc1N. The molecule has 13 heteroatoms. The maximum absolute atomic E-state index is 12.0. The van der Waals surface area contributed by atoms with E-state index in [-0.39, 0.29) is 40.1 Å². The Kier molecular flexibility index (Phi) is 7.47. The van der Waals surface area contributed by atoms with Crippen LogP contribution < -0.4 is 16.2 Å². The average Bonchev–Trinajstić information content (AvgIpc) is 2.87. The first kappa shape index (κ1) is 27.0. The molecule has 0 radical (unpaired) electrons. The third kappa shape index (κ3) is 6.47. The standard InChI is InChI=1S/C26H24N6O6S/c1-14-9-21(23(33)12-19(14)27)31-29-16-3-6-18(7-4-16)38-25-8-5-17(11-26(25)39(35,36)37)30-32-22-10-15(2)20(28)13-24(22)34/h3-13,33-34H,27-28H2,1-2H3,(H,35,36,37). The normalized spacial score (nSPS) is 11.9. The van der Waals surface area contributed by atoms with Gasteiger partial charge in [0.2, 0.25) is 0 Å². The molecule has 12 nitrogen and oxygen atoms in total. The van der Waals surface area contributed by atoms with Crippen molar-refractivity contribution in [2.24, 2.45) is 20.5 Å². The molecule has 4 aromatic rings. The van der Waals surface area contributed by atoms with E-state index in [1.165, 1.54) is 42.5 Å². The van der Waals surface area contributed by atoms with Gasteiger partial charge in [-0.1, -0.05) is 0 Å². The van der Waals surface area contributed by atoms with Crippen LogP contribution in [0, 0.1) is 13.8 Å². The lowest BCUT2D eigenvalue weighted by Gasteiger charge is -2.10. The Bertz CT molecular complexity index is 1720. The summed E-state index contributed by atoms with van der Waals surface area (Å²) in [5.74, 6) is -0.205. The van der Waals surface area contributed by atoms with E-state index < -0.39 is 15.0 Å². The van der Waals surface area contributed by atoms with E-state index in [9.17, 15) is 23.2 Å². The molecule has 200 valence electrons. The van der Waals surface area contributed by atoms with Crippen molar-refractivity contribution >= 4 is 44.2 Å². The number of ether oxygens (including phenoxy) is 1. The molecule has 0 heterocycles. The lowest BCUT2D eigenvalue weighted by molar-refractivity contribution is 0.450. The second-order valence-electron chi connectivity index (χ2n) is 8.50. The zero-order valence-electron chi connectivity index (χ0n) is 20.8. The number of aromatic hydroxyl groups is 2.